The number of ether oxygens (including phenoxy) is 3. The summed E-state index contributed by atoms with van der Waals surface area (Å²) < 4.78 is 16.3. The number of primary amides is 1. The number of carbonyl (C=O) groups excluding carboxylic acids is 2. The lowest BCUT2D eigenvalue weighted by atomic mass is 10.2. The molecular weight excluding hydrogens is 312 g/mol. The average molecular weight is 336 g/mol. The first kappa shape index (κ1) is 18.1. The van der Waals surface area contributed by atoms with E-state index in [9.17, 15) is 9.59 Å². The smallest absolute Gasteiger partial charge is 0.251 e. The third-order valence-electron chi connectivity index (χ3n) is 3.80. The normalized spacial score (nSPS) is 14.4. The van der Waals surface area contributed by atoms with Crippen molar-refractivity contribution in [1.82, 2.24) is 5.32 Å². The molecule has 7 nitrogen and oxygen atoms in total. The number of carbonyl (C=O) groups is 2. The molecule has 132 valence electrons. The largest absolute Gasteiger partial charge is 0.493 e. The SMILES string of the molecule is COc1cc(C(=O)NCCOCC(N)=O)ccc1OC1CCCC1. The number of nitrogens with one attached hydrogen (secondary N) is 1. The molecule has 1 aromatic carbocycles. The Labute approximate surface area is 141 Å². The van der Waals surface area contributed by atoms with E-state index in [1.165, 1.54) is 12.8 Å². The van der Waals surface area contributed by atoms with E-state index in [0.29, 0.717) is 17.1 Å². The Morgan fingerprint density at radius 1 is 1.25 bits per heavy atom. The number of rotatable bonds is 9. The average Bonchev–Trinajstić information content (AvgIpc) is 3.07. The Hall–Kier alpha value is -2.28. The van der Waals surface area contributed by atoms with E-state index in [2.05, 4.69) is 5.32 Å². The van der Waals surface area contributed by atoms with E-state index in [1.54, 1.807) is 25.3 Å². The van der Waals surface area contributed by atoms with Crippen LogP contribution in [0.5, 0.6) is 11.5 Å². The second-order valence-electron chi connectivity index (χ2n) is 5.66. The van der Waals surface area contributed by atoms with Gasteiger partial charge in [-0.05, 0) is 43.9 Å². The third-order valence-corrected chi connectivity index (χ3v) is 3.80. The second-order valence-corrected chi connectivity index (χ2v) is 5.66. The molecule has 0 radical (unpaired) electrons. The molecule has 1 aliphatic rings. The second kappa shape index (κ2) is 9.12. The minimum Gasteiger partial charge on any atom is -0.493 e. The standard InChI is InChI=1S/C17H24N2O5/c1-22-15-10-12(17(21)19-8-9-23-11-16(18)20)6-7-14(15)24-13-4-2-3-5-13/h6-7,10,13H,2-5,8-9,11H2,1H3,(H2,18,20)(H,19,21). The molecule has 1 aromatic rings. The van der Waals surface area contributed by atoms with E-state index in [-0.39, 0.29) is 31.8 Å². The van der Waals surface area contributed by atoms with Crippen LogP contribution in [0.2, 0.25) is 0 Å². The van der Waals surface area contributed by atoms with Crippen molar-refractivity contribution in [2.75, 3.05) is 26.9 Å². The van der Waals surface area contributed by atoms with Crippen LogP contribution in [0.15, 0.2) is 18.2 Å². The summed E-state index contributed by atoms with van der Waals surface area (Å²) in [6.45, 7) is 0.348. The van der Waals surface area contributed by atoms with Crippen LogP contribution in [0, 0.1) is 0 Å². The van der Waals surface area contributed by atoms with Crippen LogP contribution in [0.4, 0.5) is 0 Å². The predicted octanol–water partition coefficient (Wildman–Crippen LogP) is 1.25. The molecule has 1 fully saturated rings. The molecule has 0 bridgehead atoms. The summed E-state index contributed by atoms with van der Waals surface area (Å²) in [6, 6.07) is 5.12. The molecule has 2 rings (SSSR count). The zero-order chi connectivity index (χ0) is 17.4. The van der Waals surface area contributed by atoms with Gasteiger partial charge < -0.3 is 25.3 Å². The molecule has 0 aromatic heterocycles. The van der Waals surface area contributed by atoms with Crippen LogP contribution in [-0.4, -0.2) is 44.8 Å². The molecular formula is C17H24N2O5. The molecule has 1 aliphatic carbocycles. The molecule has 0 heterocycles. The number of methoxy groups -OCH3 is 1. The van der Waals surface area contributed by atoms with Gasteiger partial charge in [-0.25, -0.2) is 0 Å². The van der Waals surface area contributed by atoms with Crippen molar-refractivity contribution < 1.29 is 23.8 Å². The van der Waals surface area contributed by atoms with Crippen LogP contribution in [0.25, 0.3) is 0 Å². The maximum atomic E-state index is 12.1. The molecule has 0 spiro atoms. The zero-order valence-corrected chi connectivity index (χ0v) is 13.9. The summed E-state index contributed by atoms with van der Waals surface area (Å²) in [6.07, 6.45) is 4.70. The van der Waals surface area contributed by atoms with Crippen molar-refractivity contribution >= 4 is 11.8 Å². The predicted molar refractivity (Wildman–Crippen MR) is 88.2 cm³/mol. The molecule has 24 heavy (non-hydrogen) atoms. The van der Waals surface area contributed by atoms with E-state index < -0.39 is 5.91 Å². The van der Waals surface area contributed by atoms with Crippen LogP contribution in [-0.2, 0) is 9.53 Å². The number of nitrogens with two attached hydrogens (primary N) is 1. The highest BCUT2D eigenvalue weighted by Gasteiger charge is 2.19. The van der Waals surface area contributed by atoms with Gasteiger partial charge in [0.25, 0.3) is 5.91 Å². The Morgan fingerprint density at radius 2 is 2.00 bits per heavy atom. The van der Waals surface area contributed by atoms with Crippen molar-refractivity contribution in [1.29, 1.82) is 0 Å². The van der Waals surface area contributed by atoms with Gasteiger partial charge in [0.15, 0.2) is 11.5 Å². The summed E-state index contributed by atoms with van der Waals surface area (Å²) >= 11 is 0. The van der Waals surface area contributed by atoms with Crippen LogP contribution >= 0.6 is 0 Å². The van der Waals surface area contributed by atoms with E-state index >= 15 is 0 Å². The lowest BCUT2D eigenvalue weighted by molar-refractivity contribution is -0.122. The number of benzene rings is 1. The maximum absolute atomic E-state index is 12.1. The Bertz CT molecular complexity index is 570. The summed E-state index contributed by atoms with van der Waals surface area (Å²) in [5, 5.41) is 2.70. The molecule has 7 heteroatoms. The number of hydrogen-bond donors (Lipinski definition) is 2. The number of amides is 2. The number of hydrogen-bond acceptors (Lipinski definition) is 5. The minimum absolute atomic E-state index is 0.156. The Morgan fingerprint density at radius 3 is 2.67 bits per heavy atom. The van der Waals surface area contributed by atoms with Gasteiger partial charge in [0, 0.05) is 12.1 Å². The monoisotopic (exact) mass is 336 g/mol. The molecule has 3 N–H and O–H groups in total. The molecule has 1 saturated carbocycles. The highest BCUT2D eigenvalue weighted by Crippen LogP contribution is 2.32. The fourth-order valence-electron chi connectivity index (χ4n) is 2.60. The molecule has 0 saturated heterocycles. The highest BCUT2D eigenvalue weighted by molar-refractivity contribution is 5.94. The van der Waals surface area contributed by atoms with Crippen molar-refractivity contribution in [3.05, 3.63) is 23.8 Å². The fraction of sp³-hybridized carbons (Fsp3) is 0.529. The summed E-state index contributed by atoms with van der Waals surface area (Å²) in [4.78, 5) is 22.6. The highest BCUT2D eigenvalue weighted by atomic mass is 16.5. The van der Waals surface area contributed by atoms with Gasteiger partial charge in [-0.1, -0.05) is 0 Å². The molecule has 2 amide bonds. The molecule has 0 unspecified atom stereocenters. The van der Waals surface area contributed by atoms with Crippen molar-refractivity contribution in [2.45, 2.75) is 31.8 Å². The van der Waals surface area contributed by atoms with Gasteiger partial charge >= 0.3 is 0 Å². The van der Waals surface area contributed by atoms with Gasteiger partial charge in [0.1, 0.15) is 6.61 Å². The first-order valence-corrected chi connectivity index (χ1v) is 8.09. The minimum atomic E-state index is -0.538. The summed E-state index contributed by atoms with van der Waals surface area (Å²) in [5.74, 6) is 0.414. The lowest BCUT2D eigenvalue weighted by Gasteiger charge is -2.16. The molecule has 0 atom stereocenters. The van der Waals surface area contributed by atoms with Gasteiger partial charge in [-0.3, -0.25) is 9.59 Å². The van der Waals surface area contributed by atoms with Crippen LogP contribution in [0.1, 0.15) is 36.0 Å². The Balaban J connectivity index is 1.87. The van der Waals surface area contributed by atoms with Gasteiger partial charge in [0.05, 0.1) is 19.8 Å². The van der Waals surface area contributed by atoms with E-state index in [1.807, 2.05) is 0 Å². The van der Waals surface area contributed by atoms with Crippen molar-refractivity contribution in [2.24, 2.45) is 5.73 Å². The topological polar surface area (TPSA) is 99.9 Å². The van der Waals surface area contributed by atoms with Crippen molar-refractivity contribution in [3.63, 3.8) is 0 Å². The zero-order valence-electron chi connectivity index (χ0n) is 13.9. The summed E-state index contributed by atoms with van der Waals surface area (Å²) in [5.41, 5.74) is 5.43. The summed E-state index contributed by atoms with van der Waals surface area (Å²) in [7, 11) is 1.55. The maximum Gasteiger partial charge on any atom is 0.251 e. The van der Waals surface area contributed by atoms with Crippen LogP contribution < -0.4 is 20.5 Å². The van der Waals surface area contributed by atoms with Gasteiger partial charge in [-0.15, -0.1) is 0 Å². The van der Waals surface area contributed by atoms with E-state index in [4.69, 9.17) is 19.9 Å². The first-order chi connectivity index (χ1) is 11.6. The lowest BCUT2D eigenvalue weighted by Crippen LogP contribution is -2.28. The fourth-order valence-corrected chi connectivity index (χ4v) is 2.60. The van der Waals surface area contributed by atoms with Crippen LogP contribution in [0.3, 0.4) is 0 Å². The Kier molecular flexibility index (Phi) is 6.87. The first-order valence-electron chi connectivity index (χ1n) is 8.09. The third kappa shape index (κ3) is 5.42. The van der Waals surface area contributed by atoms with Gasteiger partial charge in [0.2, 0.25) is 5.91 Å². The van der Waals surface area contributed by atoms with Crippen molar-refractivity contribution in [3.8, 4) is 11.5 Å². The van der Waals surface area contributed by atoms with E-state index in [0.717, 1.165) is 12.8 Å². The molecule has 0 aliphatic heterocycles. The quantitative estimate of drug-likeness (QED) is 0.661. The van der Waals surface area contributed by atoms with Gasteiger partial charge in [-0.2, -0.15) is 0 Å².